The Morgan fingerprint density at radius 3 is 1.95 bits per heavy atom. The number of halogens is 9. The van der Waals surface area contributed by atoms with Gasteiger partial charge in [-0.1, -0.05) is 6.07 Å². The summed E-state index contributed by atoms with van der Waals surface area (Å²) in [7, 11) is 0. The summed E-state index contributed by atoms with van der Waals surface area (Å²) in [5, 5.41) is 0. The molecule has 1 saturated heterocycles. The van der Waals surface area contributed by atoms with E-state index >= 15 is 0 Å². The van der Waals surface area contributed by atoms with E-state index in [0.29, 0.717) is 11.0 Å². The van der Waals surface area contributed by atoms with E-state index in [0.717, 1.165) is 12.1 Å². The highest BCUT2D eigenvalue weighted by Crippen LogP contribution is 2.37. The summed E-state index contributed by atoms with van der Waals surface area (Å²) >= 11 is 0. The number of nitrogens with zero attached hydrogens (tertiary/aromatic N) is 2. The molecule has 16 heteroatoms. The van der Waals surface area contributed by atoms with Crippen LogP contribution in [0.15, 0.2) is 18.2 Å². The number of hydrogen-bond acceptors (Lipinski definition) is 6. The van der Waals surface area contributed by atoms with Crippen molar-refractivity contribution in [3.05, 3.63) is 29.3 Å². The Hall–Kier alpha value is -2.91. The van der Waals surface area contributed by atoms with Crippen LogP contribution < -0.4 is 4.74 Å². The zero-order chi connectivity index (χ0) is 29.1. The lowest BCUT2D eigenvalue weighted by atomic mass is 10.1. The van der Waals surface area contributed by atoms with Gasteiger partial charge in [0.25, 0.3) is 6.10 Å². The molecule has 0 unspecified atom stereocenters. The van der Waals surface area contributed by atoms with Gasteiger partial charge in [0, 0.05) is 38.3 Å². The standard InChI is InChI=1S/C22H25F9N2O5/c1-4-36-17(34)19(2,3)38-15-11-14(20(23,24)25)6-5-13(15)12-32-7-9-33(10-8-32)18(35)37-16(21(26,27)28)22(29,30)31/h5-6,11,16H,4,7-10,12H2,1-3H3. The van der Waals surface area contributed by atoms with E-state index in [1.165, 1.54) is 20.8 Å². The number of benzene rings is 1. The van der Waals surface area contributed by atoms with Crippen molar-refractivity contribution in [3.8, 4) is 5.75 Å². The van der Waals surface area contributed by atoms with Gasteiger partial charge in [0.1, 0.15) is 5.75 Å². The lowest BCUT2D eigenvalue weighted by Crippen LogP contribution is -2.52. The van der Waals surface area contributed by atoms with E-state index in [9.17, 15) is 49.1 Å². The average molecular weight is 568 g/mol. The maximum atomic E-state index is 13.3. The molecule has 1 aliphatic heterocycles. The molecule has 0 spiro atoms. The topological polar surface area (TPSA) is 68.3 Å². The van der Waals surface area contributed by atoms with E-state index in [1.807, 2.05) is 0 Å². The van der Waals surface area contributed by atoms with Crippen LogP contribution in [-0.4, -0.2) is 78.7 Å². The van der Waals surface area contributed by atoms with Crippen LogP contribution in [0.5, 0.6) is 5.75 Å². The van der Waals surface area contributed by atoms with Crippen LogP contribution in [0.4, 0.5) is 44.3 Å². The first-order valence-electron chi connectivity index (χ1n) is 11.1. The molecule has 2 rings (SSSR count). The molecule has 7 nitrogen and oxygen atoms in total. The third kappa shape index (κ3) is 8.30. The normalized spacial score (nSPS) is 16.0. The van der Waals surface area contributed by atoms with Gasteiger partial charge in [-0.3, -0.25) is 4.90 Å². The summed E-state index contributed by atoms with van der Waals surface area (Å²) in [6.45, 7) is 3.33. The van der Waals surface area contributed by atoms with E-state index < -0.39 is 47.9 Å². The van der Waals surface area contributed by atoms with Crippen LogP contribution in [0.1, 0.15) is 31.9 Å². The van der Waals surface area contributed by atoms with E-state index in [1.54, 1.807) is 4.90 Å². The van der Waals surface area contributed by atoms with Crippen molar-refractivity contribution in [2.45, 2.75) is 57.5 Å². The van der Waals surface area contributed by atoms with Gasteiger partial charge in [-0.25, -0.2) is 9.59 Å². The maximum absolute atomic E-state index is 13.3. The highest BCUT2D eigenvalue weighted by atomic mass is 19.4. The molecule has 0 N–H and O–H groups in total. The minimum atomic E-state index is -5.86. The van der Waals surface area contributed by atoms with Crippen LogP contribution in [0.2, 0.25) is 0 Å². The van der Waals surface area contributed by atoms with E-state index in [4.69, 9.17) is 9.47 Å². The molecule has 0 atom stereocenters. The number of esters is 1. The van der Waals surface area contributed by atoms with Crippen molar-refractivity contribution < 1.29 is 63.3 Å². The predicted octanol–water partition coefficient (Wildman–Crippen LogP) is 5.17. The maximum Gasteiger partial charge on any atom is 0.434 e. The molecule has 1 aliphatic rings. The second-order valence-corrected chi connectivity index (χ2v) is 8.76. The third-order valence-electron chi connectivity index (χ3n) is 5.36. The van der Waals surface area contributed by atoms with Crippen molar-refractivity contribution >= 4 is 12.1 Å². The smallest absolute Gasteiger partial charge is 0.434 e. The number of carbonyl (C=O) groups excluding carboxylic acids is 2. The molecule has 1 amide bonds. The number of hydrogen-bond donors (Lipinski definition) is 0. The molecule has 216 valence electrons. The third-order valence-corrected chi connectivity index (χ3v) is 5.36. The molecule has 0 bridgehead atoms. The number of piperazine rings is 1. The van der Waals surface area contributed by atoms with Crippen LogP contribution >= 0.6 is 0 Å². The van der Waals surface area contributed by atoms with Gasteiger partial charge in [-0.15, -0.1) is 0 Å². The van der Waals surface area contributed by atoms with Crippen LogP contribution in [0.25, 0.3) is 0 Å². The summed E-state index contributed by atoms with van der Waals surface area (Å²) in [5.41, 5.74) is -2.50. The number of carbonyl (C=O) groups is 2. The Kier molecular flexibility index (Phi) is 9.44. The first kappa shape index (κ1) is 31.3. The van der Waals surface area contributed by atoms with Gasteiger partial charge in [0.2, 0.25) is 0 Å². The fourth-order valence-corrected chi connectivity index (χ4v) is 3.40. The monoisotopic (exact) mass is 568 g/mol. The molecule has 1 fully saturated rings. The van der Waals surface area contributed by atoms with Gasteiger partial charge >= 0.3 is 30.6 Å². The van der Waals surface area contributed by atoms with E-state index in [2.05, 4.69) is 4.74 Å². The molecular weight excluding hydrogens is 543 g/mol. The van der Waals surface area contributed by atoms with Gasteiger partial charge < -0.3 is 19.1 Å². The first-order chi connectivity index (χ1) is 17.3. The van der Waals surface area contributed by atoms with Crippen molar-refractivity contribution in [3.63, 3.8) is 0 Å². The summed E-state index contributed by atoms with van der Waals surface area (Å²) in [6, 6.07) is 2.62. The number of alkyl halides is 9. The Balaban J connectivity index is 2.14. The Bertz CT molecular complexity index is 971. The first-order valence-corrected chi connectivity index (χ1v) is 11.1. The predicted molar refractivity (Wildman–Crippen MR) is 112 cm³/mol. The molecule has 0 radical (unpaired) electrons. The van der Waals surface area contributed by atoms with Crippen molar-refractivity contribution in [1.29, 1.82) is 0 Å². The molecule has 0 saturated carbocycles. The summed E-state index contributed by atoms with van der Waals surface area (Å²) in [4.78, 5) is 26.4. The van der Waals surface area contributed by atoms with Crippen LogP contribution in [0.3, 0.4) is 0 Å². The second kappa shape index (κ2) is 11.5. The van der Waals surface area contributed by atoms with Gasteiger partial charge in [-0.2, -0.15) is 39.5 Å². The number of ether oxygens (including phenoxy) is 3. The fourth-order valence-electron chi connectivity index (χ4n) is 3.40. The largest absolute Gasteiger partial charge is 0.476 e. The SMILES string of the molecule is CCOC(=O)C(C)(C)Oc1cc(C(F)(F)F)ccc1CN1CCN(C(=O)OC(C(F)(F)F)C(F)(F)F)CC1. The molecular formula is C22H25F9N2O5. The molecule has 1 heterocycles. The fraction of sp³-hybridized carbons (Fsp3) is 0.636. The number of amides is 1. The minimum Gasteiger partial charge on any atom is -0.476 e. The van der Waals surface area contributed by atoms with Gasteiger partial charge in [0.05, 0.1) is 12.2 Å². The number of rotatable bonds is 7. The summed E-state index contributed by atoms with van der Waals surface area (Å²) in [6.07, 6.45) is -22.5. The lowest BCUT2D eigenvalue weighted by molar-refractivity contribution is -0.308. The lowest BCUT2D eigenvalue weighted by Gasteiger charge is -2.35. The van der Waals surface area contributed by atoms with Crippen molar-refractivity contribution in [2.24, 2.45) is 0 Å². The van der Waals surface area contributed by atoms with Crippen molar-refractivity contribution in [2.75, 3.05) is 32.8 Å². The van der Waals surface area contributed by atoms with E-state index in [-0.39, 0.29) is 50.6 Å². The molecule has 1 aromatic rings. The molecule has 0 aromatic heterocycles. The highest BCUT2D eigenvalue weighted by Gasteiger charge is 2.60. The summed E-state index contributed by atoms with van der Waals surface area (Å²) in [5.74, 6) is -1.11. The quantitative estimate of drug-likeness (QED) is 0.334. The Labute approximate surface area is 211 Å². The Morgan fingerprint density at radius 1 is 0.921 bits per heavy atom. The zero-order valence-corrected chi connectivity index (χ0v) is 20.4. The van der Waals surface area contributed by atoms with Gasteiger partial charge in [-0.05, 0) is 32.9 Å². The molecule has 0 aliphatic carbocycles. The average Bonchev–Trinajstić information content (AvgIpc) is 2.76. The van der Waals surface area contributed by atoms with Crippen molar-refractivity contribution in [1.82, 2.24) is 9.80 Å². The zero-order valence-electron chi connectivity index (χ0n) is 20.4. The second-order valence-electron chi connectivity index (χ2n) is 8.76. The highest BCUT2D eigenvalue weighted by molar-refractivity contribution is 5.79. The van der Waals surface area contributed by atoms with Crippen LogP contribution in [-0.2, 0) is 27.0 Å². The van der Waals surface area contributed by atoms with Crippen LogP contribution in [0, 0.1) is 0 Å². The molecule has 38 heavy (non-hydrogen) atoms. The molecule has 1 aromatic carbocycles. The summed E-state index contributed by atoms with van der Waals surface area (Å²) < 4.78 is 130. The minimum absolute atomic E-state index is 0.000468. The Morgan fingerprint density at radius 2 is 1.47 bits per heavy atom. The van der Waals surface area contributed by atoms with Gasteiger partial charge in [0.15, 0.2) is 5.60 Å².